The van der Waals surface area contributed by atoms with E-state index in [1.165, 1.54) is 14.2 Å². The van der Waals surface area contributed by atoms with Crippen molar-refractivity contribution in [1.82, 2.24) is 0 Å². The molecule has 3 aromatic carbocycles. The highest BCUT2D eigenvalue weighted by molar-refractivity contribution is 5.89. The number of nitrogens with zero attached hydrogens (tertiary/aromatic N) is 1. The highest BCUT2D eigenvalue weighted by Crippen LogP contribution is 2.46. The van der Waals surface area contributed by atoms with Crippen molar-refractivity contribution in [2.75, 3.05) is 20.8 Å². The maximum absolute atomic E-state index is 12.4. The van der Waals surface area contributed by atoms with E-state index >= 15 is 0 Å². The third kappa shape index (κ3) is 3.19. The summed E-state index contributed by atoms with van der Waals surface area (Å²) in [6, 6.07) is 22.7. The normalized spacial score (nSPS) is 14.0. The topological polar surface area (TPSA) is 79.5 Å². The van der Waals surface area contributed by atoms with Gasteiger partial charge >= 0.3 is 5.97 Å². The number of nitriles is 1. The molecule has 0 radical (unpaired) electrons. The third-order valence-electron chi connectivity index (χ3n) is 5.03. The van der Waals surface area contributed by atoms with Gasteiger partial charge in [0.05, 0.1) is 19.8 Å². The van der Waals surface area contributed by atoms with Crippen molar-refractivity contribution in [3.05, 3.63) is 77.9 Å². The van der Waals surface area contributed by atoms with Gasteiger partial charge in [-0.1, -0.05) is 60.7 Å². The molecule has 142 valence electrons. The molecule has 5 nitrogen and oxygen atoms in total. The standard InChI is InChI=1S/C23H21NO4/c1-27-15-23(14-24,22(25)26)21(19-11-5-6-13-20(19)28-2)18-12-7-9-16-8-3-4-10-17(16)18/h3-13,21H,15H2,1-2H3,(H,25,26)/t21-,23-/m0/s1. The second kappa shape index (κ2) is 8.12. The number of hydrogen-bond acceptors (Lipinski definition) is 4. The second-order valence-corrected chi connectivity index (χ2v) is 6.56. The molecular weight excluding hydrogens is 354 g/mol. The molecule has 0 aromatic heterocycles. The lowest BCUT2D eigenvalue weighted by molar-refractivity contribution is -0.149. The first-order chi connectivity index (χ1) is 13.6. The average molecular weight is 375 g/mol. The number of carbonyl (C=O) groups is 1. The van der Waals surface area contributed by atoms with Gasteiger partial charge in [0.2, 0.25) is 0 Å². The minimum atomic E-state index is -1.83. The van der Waals surface area contributed by atoms with Gasteiger partial charge in [-0.3, -0.25) is 4.79 Å². The third-order valence-corrected chi connectivity index (χ3v) is 5.03. The van der Waals surface area contributed by atoms with E-state index in [1.807, 2.05) is 60.7 Å². The molecule has 0 aliphatic rings. The summed E-state index contributed by atoms with van der Waals surface area (Å²) in [5.41, 5.74) is -0.459. The second-order valence-electron chi connectivity index (χ2n) is 6.56. The molecule has 0 saturated heterocycles. The summed E-state index contributed by atoms with van der Waals surface area (Å²) in [7, 11) is 2.93. The monoisotopic (exact) mass is 375 g/mol. The number of rotatable bonds is 7. The van der Waals surface area contributed by atoms with E-state index < -0.39 is 17.3 Å². The van der Waals surface area contributed by atoms with Crippen molar-refractivity contribution in [1.29, 1.82) is 5.26 Å². The average Bonchev–Trinajstić information content (AvgIpc) is 2.73. The van der Waals surface area contributed by atoms with E-state index in [-0.39, 0.29) is 6.61 Å². The number of benzene rings is 3. The van der Waals surface area contributed by atoms with E-state index in [2.05, 4.69) is 0 Å². The molecule has 0 saturated carbocycles. The first kappa shape index (κ1) is 19.4. The Hall–Kier alpha value is -3.36. The largest absolute Gasteiger partial charge is 0.496 e. The van der Waals surface area contributed by atoms with Gasteiger partial charge in [-0.15, -0.1) is 0 Å². The van der Waals surface area contributed by atoms with E-state index in [9.17, 15) is 15.2 Å². The van der Waals surface area contributed by atoms with E-state index in [4.69, 9.17) is 9.47 Å². The molecule has 5 heteroatoms. The molecule has 0 unspecified atom stereocenters. The molecule has 3 aromatic rings. The van der Waals surface area contributed by atoms with Gasteiger partial charge in [0.1, 0.15) is 5.75 Å². The van der Waals surface area contributed by atoms with Gasteiger partial charge in [-0.25, -0.2) is 0 Å². The van der Waals surface area contributed by atoms with Gasteiger partial charge in [0, 0.05) is 18.6 Å². The van der Waals surface area contributed by atoms with Gasteiger partial charge in [-0.05, 0) is 22.4 Å². The smallest absolute Gasteiger partial charge is 0.327 e. The van der Waals surface area contributed by atoms with Crippen LogP contribution in [-0.4, -0.2) is 31.9 Å². The lowest BCUT2D eigenvalue weighted by atomic mass is 9.68. The highest BCUT2D eigenvalue weighted by atomic mass is 16.5. The highest BCUT2D eigenvalue weighted by Gasteiger charge is 2.50. The van der Waals surface area contributed by atoms with Crippen LogP contribution < -0.4 is 4.74 Å². The van der Waals surface area contributed by atoms with Gasteiger partial charge < -0.3 is 14.6 Å². The minimum Gasteiger partial charge on any atom is -0.496 e. The maximum Gasteiger partial charge on any atom is 0.327 e. The van der Waals surface area contributed by atoms with Crippen molar-refractivity contribution >= 4 is 16.7 Å². The predicted octanol–water partition coefficient (Wildman–Crippen LogP) is 4.22. The Kier molecular flexibility index (Phi) is 5.62. The van der Waals surface area contributed by atoms with E-state index in [1.54, 1.807) is 12.1 Å². The van der Waals surface area contributed by atoms with Crippen molar-refractivity contribution in [2.24, 2.45) is 5.41 Å². The first-order valence-corrected chi connectivity index (χ1v) is 8.83. The zero-order valence-electron chi connectivity index (χ0n) is 15.8. The fraction of sp³-hybridized carbons (Fsp3) is 0.217. The lowest BCUT2D eigenvalue weighted by Gasteiger charge is -2.33. The van der Waals surface area contributed by atoms with Crippen molar-refractivity contribution < 1.29 is 19.4 Å². The number of aliphatic carboxylic acids is 1. The number of fused-ring (bicyclic) bond motifs is 1. The van der Waals surface area contributed by atoms with Gasteiger partial charge in [-0.2, -0.15) is 5.26 Å². The summed E-state index contributed by atoms with van der Waals surface area (Å²) < 4.78 is 10.7. The molecule has 2 atom stereocenters. The Morgan fingerprint density at radius 1 is 1.04 bits per heavy atom. The van der Waals surface area contributed by atoms with Crippen LogP contribution in [0.5, 0.6) is 5.75 Å². The molecule has 0 fully saturated rings. The van der Waals surface area contributed by atoms with Crippen LogP contribution in [0.2, 0.25) is 0 Å². The summed E-state index contributed by atoms with van der Waals surface area (Å²) in [6.07, 6.45) is 0. The van der Waals surface area contributed by atoms with Crippen LogP contribution in [-0.2, 0) is 9.53 Å². The fourth-order valence-electron chi connectivity index (χ4n) is 3.75. The Morgan fingerprint density at radius 3 is 2.36 bits per heavy atom. The quantitative estimate of drug-likeness (QED) is 0.669. The molecular formula is C23H21NO4. The Balaban J connectivity index is 2.41. The number of carboxylic acids is 1. The van der Waals surface area contributed by atoms with Crippen molar-refractivity contribution in [3.63, 3.8) is 0 Å². The number of ether oxygens (including phenoxy) is 2. The predicted molar refractivity (Wildman–Crippen MR) is 106 cm³/mol. The fourth-order valence-corrected chi connectivity index (χ4v) is 3.75. The summed E-state index contributed by atoms with van der Waals surface area (Å²) in [5, 5.41) is 22.0. The summed E-state index contributed by atoms with van der Waals surface area (Å²) in [6.45, 7) is -0.259. The molecule has 1 N–H and O–H groups in total. The molecule has 0 spiro atoms. The molecule has 0 aliphatic heterocycles. The SMILES string of the molecule is COC[C@](C#N)(C(=O)O)[C@H](c1ccccc1OC)c1cccc2ccccc12. The summed E-state index contributed by atoms with van der Waals surface area (Å²) in [4.78, 5) is 12.4. The van der Waals surface area contributed by atoms with E-state index in [0.717, 1.165) is 16.3 Å². The minimum absolute atomic E-state index is 0.259. The molecule has 0 aliphatic carbocycles. The zero-order valence-corrected chi connectivity index (χ0v) is 15.8. The number of para-hydroxylation sites is 1. The molecule has 28 heavy (non-hydrogen) atoms. The zero-order chi connectivity index (χ0) is 20.1. The van der Waals surface area contributed by atoms with Crippen LogP contribution in [0.4, 0.5) is 0 Å². The molecule has 0 amide bonds. The van der Waals surface area contributed by atoms with Crippen LogP contribution in [0.1, 0.15) is 17.0 Å². The van der Waals surface area contributed by atoms with E-state index in [0.29, 0.717) is 11.3 Å². The number of hydrogen-bond donors (Lipinski definition) is 1. The lowest BCUT2D eigenvalue weighted by Crippen LogP contribution is -2.41. The Morgan fingerprint density at radius 2 is 1.68 bits per heavy atom. The first-order valence-electron chi connectivity index (χ1n) is 8.83. The van der Waals surface area contributed by atoms with Crippen molar-refractivity contribution in [2.45, 2.75) is 5.92 Å². The van der Waals surface area contributed by atoms with Crippen LogP contribution in [0.15, 0.2) is 66.7 Å². The Labute approximate surface area is 163 Å². The molecule has 0 heterocycles. The molecule has 3 rings (SSSR count). The van der Waals surface area contributed by atoms with Crippen molar-refractivity contribution in [3.8, 4) is 11.8 Å². The van der Waals surface area contributed by atoms with Crippen LogP contribution >= 0.6 is 0 Å². The maximum atomic E-state index is 12.4. The summed E-state index contributed by atoms with van der Waals surface area (Å²) >= 11 is 0. The van der Waals surface area contributed by atoms with Gasteiger partial charge in [0.25, 0.3) is 0 Å². The van der Waals surface area contributed by atoms with Crippen LogP contribution in [0, 0.1) is 16.7 Å². The van der Waals surface area contributed by atoms with Crippen LogP contribution in [0.25, 0.3) is 10.8 Å². The summed E-state index contributed by atoms with van der Waals surface area (Å²) in [5.74, 6) is -1.50. The van der Waals surface area contributed by atoms with Crippen LogP contribution in [0.3, 0.4) is 0 Å². The molecule has 0 bridgehead atoms. The number of carboxylic acid groups (broad SMARTS) is 1. The van der Waals surface area contributed by atoms with Gasteiger partial charge in [0.15, 0.2) is 5.41 Å². The number of methoxy groups -OCH3 is 2. The Bertz CT molecular complexity index is 1030.